The highest BCUT2D eigenvalue weighted by Gasteiger charge is 2.36. The van der Waals surface area contributed by atoms with Gasteiger partial charge >= 0.3 is 0 Å². The lowest BCUT2D eigenvalue weighted by molar-refractivity contribution is -0.139. The summed E-state index contributed by atoms with van der Waals surface area (Å²) >= 11 is 0. The van der Waals surface area contributed by atoms with Crippen LogP contribution in [0, 0.1) is 0 Å². The van der Waals surface area contributed by atoms with Crippen molar-refractivity contribution >= 4 is 17.7 Å². The van der Waals surface area contributed by atoms with Gasteiger partial charge in [0, 0.05) is 6.54 Å². The number of rotatable bonds is 4. The molecule has 23 heavy (non-hydrogen) atoms. The Kier molecular flexibility index (Phi) is 5.14. The van der Waals surface area contributed by atoms with Crippen LogP contribution in [0.5, 0.6) is 5.75 Å². The van der Waals surface area contributed by atoms with Crippen LogP contribution in [0.3, 0.4) is 0 Å². The molecule has 9 heteroatoms. The molecule has 0 saturated carbocycles. The third kappa shape index (κ3) is 3.58. The van der Waals surface area contributed by atoms with Crippen molar-refractivity contribution in [1.82, 2.24) is 15.6 Å². The summed E-state index contributed by atoms with van der Waals surface area (Å²) < 4.78 is 0. The van der Waals surface area contributed by atoms with E-state index < -0.39 is 29.9 Å². The molecule has 2 unspecified atom stereocenters. The maximum atomic E-state index is 12.3. The van der Waals surface area contributed by atoms with Crippen LogP contribution in [0.25, 0.3) is 0 Å². The van der Waals surface area contributed by atoms with Crippen LogP contribution in [-0.2, 0) is 9.59 Å². The van der Waals surface area contributed by atoms with E-state index in [1.54, 1.807) is 12.1 Å². The fourth-order valence-corrected chi connectivity index (χ4v) is 2.52. The van der Waals surface area contributed by atoms with Crippen molar-refractivity contribution in [3.63, 3.8) is 0 Å². The zero-order chi connectivity index (χ0) is 17.0. The van der Waals surface area contributed by atoms with Crippen LogP contribution in [0.15, 0.2) is 24.3 Å². The molecule has 1 heterocycles. The third-order valence-electron chi connectivity index (χ3n) is 3.68. The molecule has 1 aromatic carbocycles. The smallest absolute Gasteiger partial charge is 0.260 e. The van der Waals surface area contributed by atoms with E-state index >= 15 is 0 Å². The van der Waals surface area contributed by atoms with Crippen molar-refractivity contribution in [3.05, 3.63) is 29.8 Å². The molecular formula is C14H19N5O4. The average Bonchev–Trinajstić information content (AvgIpc) is 3.03. The standard InChI is InChI=1S/C14H19N5O4/c15-11(17-12(21)8-4-1-2-6-10(8)20)14(23)19-7-3-5-9(19)13(22)18-16/h1-2,4,6,9,11,20H,3,5,7,15-16H2,(H,17,21)(H,18,22). The van der Waals surface area contributed by atoms with Gasteiger partial charge in [-0.3, -0.25) is 19.8 Å². The second kappa shape index (κ2) is 7.07. The Balaban J connectivity index is 2.04. The van der Waals surface area contributed by atoms with Crippen LogP contribution < -0.4 is 22.3 Å². The van der Waals surface area contributed by atoms with Gasteiger partial charge in [-0.25, -0.2) is 5.84 Å². The number of amides is 3. The Morgan fingerprint density at radius 2 is 2.00 bits per heavy atom. The van der Waals surface area contributed by atoms with Gasteiger partial charge in [0.05, 0.1) is 5.56 Å². The topological polar surface area (TPSA) is 151 Å². The maximum absolute atomic E-state index is 12.3. The summed E-state index contributed by atoms with van der Waals surface area (Å²) in [7, 11) is 0. The van der Waals surface area contributed by atoms with Crippen LogP contribution in [0.4, 0.5) is 0 Å². The summed E-state index contributed by atoms with van der Waals surface area (Å²) in [5.41, 5.74) is 7.74. The lowest BCUT2D eigenvalue weighted by Crippen LogP contribution is -2.57. The Bertz CT molecular complexity index is 621. The zero-order valence-electron chi connectivity index (χ0n) is 12.4. The average molecular weight is 321 g/mol. The van der Waals surface area contributed by atoms with E-state index in [9.17, 15) is 19.5 Å². The lowest BCUT2D eigenvalue weighted by Gasteiger charge is -2.26. The van der Waals surface area contributed by atoms with E-state index in [4.69, 9.17) is 11.6 Å². The highest BCUT2D eigenvalue weighted by molar-refractivity contribution is 6.00. The number of para-hydroxylation sites is 1. The van der Waals surface area contributed by atoms with Crippen molar-refractivity contribution in [1.29, 1.82) is 0 Å². The van der Waals surface area contributed by atoms with Crippen LogP contribution in [0.1, 0.15) is 23.2 Å². The molecule has 1 aliphatic heterocycles. The maximum Gasteiger partial charge on any atom is 0.260 e. The molecule has 1 aromatic rings. The summed E-state index contributed by atoms with van der Waals surface area (Å²) in [5, 5.41) is 11.9. The molecule has 7 N–H and O–H groups in total. The minimum atomic E-state index is -1.33. The normalized spacial score (nSPS) is 18.3. The SMILES string of the molecule is NNC(=O)C1CCCN1C(=O)C(N)NC(=O)c1ccccc1O. The number of aromatic hydroxyl groups is 1. The quantitative estimate of drug-likeness (QED) is 0.195. The van der Waals surface area contributed by atoms with E-state index in [-0.39, 0.29) is 11.3 Å². The summed E-state index contributed by atoms with van der Waals surface area (Å²) in [5.74, 6) is 3.14. The van der Waals surface area contributed by atoms with Gasteiger partial charge in [0.1, 0.15) is 11.8 Å². The Hall–Kier alpha value is -2.65. The van der Waals surface area contributed by atoms with E-state index in [0.29, 0.717) is 19.4 Å². The van der Waals surface area contributed by atoms with E-state index in [2.05, 4.69) is 5.32 Å². The van der Waals surface area contributed by atoms with E-state index in [1.807, 2.05) is 5.43 Å². The highest BCUT2D eigenvalue weighted by atomic mass is 16.3. The molecule has 1 saturated heterocycles. The minimum absolute atomic E-state index is 0.00780. The molecule has 0 aliphatic carbocycles. The van der Waals surface area contributed by atoms with Gasteiger partial charge in [-0.15, -0.1) is 0 Å². The predicted molar refractivity (Wildman–Crippen MR) is 80.6 cm³/mol. The number of nitrogens with one attached hydrogen (secondary N) is 2. The van der Waals surface area contributed by atoms with Gasteiger partial charge < -0.3 is 21.1 Å². The summed E-state index contributed by atoms with van der Waals surface area (Å²) in [4.78, 5) is 37.3. The second-order valence-electron chi connectivity index (χ2n) is 5.17. The van der Waals surface area contributed by atoms with Crippen LogP contribution >= 0.6 is 0 Å². The molecule has 2 atom stereocenters. The Morgan fingerprint density at radius 1 is 1.30 bits per heavy atom. The number of carbonyl (C=O) groups excluding carboxylic acids is 3. The number of hydrogen-bond donors (Lipinski definition) is 5. The fourth-order valence-electron chi connectivity index (χ4n) is 2.52. The molecule has 3 amide bonds. The van der Waals surface area contributed by atoms with Crippen molar-refractivity contribution in [2.75, 3.05) is 6.54 Å². The van der Waals surface area contributed by atoms with Gasteiger partial charge in [-0.05, 0) is 25.0 Å². The summed E-state index contributed by atoms with van der Waals surface area (Å²) in [6.07, 6.45) is -0.202. The van der Waals surface area contributed by atoms with Gasteiger partial charge in [0.15, 0.2) is 6.17 Å². The molecule has 2 rings (SSSR count). The van der Waals surface area contributed by atoms with Crippen LogP contribution in [0.2, 0.25) is 0 Å². The Labute approximate surface area is 132 Å². The highest BCUT2D eigenvalue weighted by Crippen LogP contribution is 2.18. The molecule has 9 nitrogen and oxygen atoms in total. The van der Waals surface area contributed by atoms with Gasteiger partial charge in [0.2, 0.25) is 0 Å². The number of carbonyl (C=O) groups is 3. The fraction of sp³-hybridized carbons (Fsp3) is 0.357. The first-order chi connectivity index (χ1) is 11.0. The molecule has 0 aromatic heterocycles. The number of phenolic OH excluding ortho intramolecular Hbond substituents is 1. The number of benzene rings is 1. The van der Waals surface area contributed by atoms with Crippen molar-refractivity contribution in [2.45, 2.75) is 25.0 Å². The molecule has 124 valence electrons. The molecule has 1 aliphatic rings. The molecule has 0 spiro atoms. The van der Waals surface area contributed by atoms with Crippen molar-refractivity contribution in [2.24, 2.45) is 11.6 Å². The number of nitrogens with zero attached hydrogens (tertiary/aromatic N) is 1. The third-order valence-corrected chi connectivity index (χ3v) is 3.68. The molecule has 0 bridgehead atoms. The largest absolute Gasteiger partial charge is 0.507 e. The minimum Gasteiger partial charge on any atom is -0.507 e. The summed E-state index contributed by atoms with van der Waals surface area (Å²) in [6.45, 7) is 0.358. The number of nitrogens with two attached hydrogens (primary N) is 2. The number of hydrazine groups is 1. The van der Waals surface area contributed by atoms with E-state index in [1.165, 1.54) is 17.0 Å². The molecular weight excluding hydrogens is 302 g/mol. The first-order valence-electron chi connectivity index (χ1n) is 7.11. The van der Waals surface area contributed by atoms with Crippen LogP contribution in [-0.4, -0.2) is 46.5 Å². The first kappa shape index (κ1) is 16.7. The predicted octanol–water partition coefficient (Wildman–Crippen LogP) is -1.61. The van der Waals surface area contributed by atoms with Gasteiger partial charge in [0.25, 0.3) is 17.7 Å². The second-order valence-corrected chi connectivity index (χ2v) is 5.17. The van der Waals surface area contributed by atoms with E-state index in [0.717, 1.165) is 0 Å². The van der Waals surface area contributed by atoms with Gasteiger partial charge in [-0.2, -0.15) is 0 Å². The monoisotopic (exact) mass is 321 g/mol. The number of likely N-dealkylation sites (tertiary alicyclic amines) is 1. The Morgan fingerprint density at radius 3 is 2.65 bits per heavy atom. The lowest BCUT2D eigenvalue weighted by atomic mass is 10.2. The number of phenols is 1. The molecule has 1 fully saturated rings. The van der Waals surface area contributed by atoms with Gasteiger partial charge in [-0.1, -0.05) is 12.1 Å². The zero-order valence-corrected chi connectivity index (χ0v) is 12.4. The molecule has 0 radical (unpaired) electrons. The number of hydrogen-bond acceptors (Lipinski definition) is 6. The van der Waals surface area contributed by atoms with Crippen molar-refractivity contribution in [3.8, 4) is 5.75 Å². The van der Waals surface area contributed by atoms with Crippen molar-refractivity contribution < 1.29 is 19.5 Å². The first-order valence-corrected chi connectivity index (χ1v) is 7.11. The summed E-state index contributed by atoms with van der Waals surface area (Å²) in [6, 6.07) is 5.20.